The van der Waals surface area contributed by atoms with Crippen LogP contribution in [0.4, 0.5) is 0 Å². The molecule has 26 heavy (non-hydrogen) atoms. The minimum absolute atomic E-state index is 0.235. The van der Waals surface area contributed by atoms with Gasteiger partial charge in [-0.3, -0.25) is 9.69 Å². The predicted molar refractivity (Wildman–Crippen MR) is 103 cm³/mol. The van der Waals surface area contributed by atoms with Gasteiger partial charge in [0.1, 0.15) is 11.8 Å². The summed E-state index contributed by atoms with van der Waals surface area (Å²) in [7, 11) is 1.62. The van der Waals surface area contributed by atoms with Crippen molar-refractivity contribution >= 4 is 29.2 Å². The molecule has 6 heteroatoms. The van der Waals surface area contributed by atoms with Crippen LogP contribution in [0.2, 0.25) is 10.0 Å². The number of ether oxygens (including phenoxy) is 1. The smallest absolute Gasteiger partial charge is 0.320 e. The number of hydrogen-bond donors (Lipinski definition) is 1. The van der Waals surface area contributed by atoms with Crippen molar-refractivity contribution in [2.24, 2.45) is 0 Å². The minimum atomic E-state index is -0.794. The van der Waals surface area contributed by atoms with Gasteiger partial charge in [0.2, 0.25) is 0 Å². The maximum atomic E-state index is 11.9. The van der Waals surface area contributed by atoms with E-state index in [0.717, 1.165) is 29.7 Å². The van der Waals surface area contributed by atoms with Crippen LogP contribution in [0.25, 0.3) is 0 Å². The number of hydrogen-bond acceptors (Lipinski definition) is 3. The molecule has 0 aromatic heterocycles. The number of carbonyl (C=O) groups is 1. The van der Waals surface area contributed by atoms with Crippen molar-refractivity contribution in [1.29, 1.82) is 0 Å². The van der Waals surface area contributed by atoms with Crippen LogP contribution in [0.1, 0.15) is 36.4 Å². The monoisotopic (exact) mass is 393 g/mol. The standard InChI is InChI=1S/C20H21Cl2NO3/c1-26-15-6-4-5-13(11-15)19(14-8-9-16(21)17(22)12-14)23-10-3-2-7-18(23)20(24)25/h4-6,8-9,11-12,18-19H,2-3,7,10H2,1H3,(H,24,25). The first-order valence-electron chi connectivity index (χ1n) is 8.58. The Labute approximate surface area is 163 Å². The van der Waals surface area contributed by atoms with Crippen molar-refractivity contribution in [3.8, 4) is 5.75 Å². The largest absolute Gasteiger partial charge is 0.497 e. The molecule has 1 saturated heterocycles. The van der Waals surface area contributed by atoms with Crippen LogP contribution in [0, 0.1) is 0 Å². The van der Waals surface area contributed by atoms with Crippen LogP contribution in [0.5, 0.6) is 5.75 Å². The molecule has 4 nitrogen and oxygen atoms in total. The van der Waals surface area contributed by atoms with Crippen LogP contribution < -0.4 is 4.74 Å². The highest BCUT2D eigenvalue weighted by molar-refractivity contribution is 6.42. The molecule has 0 radical (unpaired) electrons. The molecule has 0 bridgehead atoms. The number of aliphatic carboxylic acids is 1. The highest BCUT2D eigenvalue weighted by Gasteiger charge is 2.35. The summed E-state index contributed by atoms with van der Waals surface area (Å²) >= 11 is 12.3. The van der Waals surface area contributed by atoms with Gasteiger partial charge in [0.05, 0.1) is 23.2 Å². The Balaban J connectivity index is 2.11. The Morgan fingerprint density at radius 1 is 1.15 bits per heavy atom. The summed E-state index contributed by atoms with van der Waals surface area (Å²) in [5, 5.41) is 10.7. The molecular formula is C20H21Cl2NO3. The van der Waals surface area contributed by atoms with E-state index >= 15 is 0 Å². The fourth-order valence-corrected chi connectivity index (χ4v) is 3.90. The molecule has 2 aromatic rings. The van der Waals surface area contributed by atoms with Crippen molar-refractivity contribution in [2.45, 2.75) is 31.3 Å². The van der Waals surface area contributed by atoms with E-state index in [1.54, 1.807) is 13.2 Å². The van der Waals surface area contributed by atoms with Gasteiger partial charge in [0, 0.05) is 0 Å². The summed E-state index contributed by atoms with van der Waals surface area (Å²) < 4.78 is 5.36. The lowest BCUT2D eigenvalue weighted by Gasteiger charge is -2.39. The highest BCUT2D eigenvalue weighted by Crippen LogP contribution is 2.37. The van der Waals surface area contributed by atoms with Crippen LogP contribution in [0.15, 0.2) is 42.5 Å². The van der Waals surface area contributed by atoms with Crippen LogP contribution in [-0.2, 0) is 4.79 Å². The second-order valence-corrected chi connectivity index (χ2v) is 7.25. The second-order valence-electron chi connectivity index (χ2n) is 6.44. The fourth-order valence-electron chi connectivity index (χ4n) is 3.60. The van der Waals surface area contributed by atoms with Crippen molar-refractivity contribution in [2.75, 3.05) is 13.7 Å². The molecular weight excluding hydrogens is 373 g/mol. The molecule has 0 spiro atoms. The highest BCUT2D eigenvalue weighted by atomic mass is 35.5. The number of methoxy groups -OCH3 is 1. The molecule has 0 saturated carbocycles. The zero-order chi connectivity index (χ0) is 18.7. The van der Waals surface area contributed by atoms with Gasteiger partial charge in [-0.1, -0.05) is 47.8 Å². The van der Waals surface area contributed by atoms with E-state index in [1.807, 2.05) is 41.3 Å². The lowest BCUT2D eigenvalue weighted by atomic mass is 9.91. The third-order valence-electron chi connectivity index (χ3n) is 4.83. The summed E-state index contributed by atoms with van der Waals surface area (Å²) in [6.07, 6.45) is 2.52. The maximum Gasteiger partial charge on any atom is 0.320 e. The molecule has 1 N–H and O–H groups in total. The van der Waals surface area contributed by atoms with Crippen molar-refractivity contribution < 1.29 is 14.6 Å². The summed E-state index contributed by atoms with van der Waals surface area (Å²) in [4.78, 5) is 13.9. The van der Waals surface area contributed by atoms with E-state index in [0.29, 0.717) is 23.0 Å². The summed E-state index contributed by atoms with van der Waals surface area (Å²) in [6.45, 7) is 0.707. The first-order valence-corrected chi connectivity index (χ1v) is 9.34. The number of rotatable bonds is 5. The van der Waals surface area contributed by atoms with Gasteiger partial charge in [-0.05, 0) is 54.8 Å². The van der Waals surface area contributed by atoms with E-state index < -0.39 is 12.0 Å². The number of halogens is 2. The molecule has 1 heterocycles. The van der Waals surface area contributed by atoms with Gasteiger partial charge in [-0.25, -0.2) is 0 Å². The second kappa shape index (κ2) is 8.30. The van der Waals surface area contributed by atoms with Crippen LogP contribution in [0.3, 0.4) is 0 Å². The summed E-state index contributed by atoms with van der Waals surface area (Å²) in [6, 6.07) is 12.4. The van der Waals surface area contributed by atoms with Gasteiger partial charge in [-0.15, -0.1) is 0 Å². The number of carboxylic acid groups (broad SMARTS) is 1. The third kappa shape index (κ3) is 3.98. The molecule has 1 aliphatic rings. The Morgan fingerprint density at radius 3 is 2.62 bits per heavy atom. The molecule has 0 amide bonds. The zero-order valence-corrected chi connectivity index (χ0v) is 16.0. The molecule has 2 aromatic carbocycles. The Bertz CT molecular complexity index is 796. The van der Waals surface area contributed by atoms with Crippen molar-refractivity contribution in [3.63, 3.8) is 0 Å². The zero-order valence-electron chi connectivity index (χ0n) is 14.5. The number of nitrogens with zero attached hydrogens (tertiary/aromatic N) is 1. The van der Waals surface area contributed by atoms with E-state index in [9.17, 15) is 9.90 Å². The molecule has 0 aliphatic carbocycles. The van der Waals surface area contributed by atoms with Gasteiger partial charge >= 0.3 is 5.97 Å². The quantitative estimate of drug-likeness (QED) is 0.773. The number of piperidine rings is 1. The molecule has 2 unspecified atom stereocenters. The lowest BCUT2D eigenvalue weighted by molar-refractivity contribution is -0.145. The van der Waals surface area contributed by atoms with E-state index in [4.69, 9.17) is 27.9 Å². The normalized spacial score (nSPS) is 19.1. The Morgan fingerprint density at radius 2 is 1.92 bits per heavy atom. The average molecular weight is 394 g/mol. The SMILES string of the molecule is COc1cccc(C(c2ccc(Cl)c(Cl)c2)N2CCCCC2C(=O)O)c1. The topological polar surface area (TPSA) is 49.8 Å². The third-order valence-corrected chi connectivity index (χ3v) is 5.57. The maximum absolute atomic E-state index is 11.9. The summed E-state index contributed by atoms with van der Waals surface area (Å²) in [5.41, 5.74) is 1.89. The first kappa shape index (κ1) is 19.0. The average Bonchev–Trinajstić information content (AvgIpc) is 2.65. The molecule has 3 rings (SSSR count). The van der Waals surface area contributed by atoms with E-state index in [1.165, 1.54) is 0 Å². The fraction of sp³-hybridized carbons (Fsp3) is 0.350. The number of likely N-dealkylation sites (tertiary alicyclic amines) is 1. The Hall–Kier alpha value is -1.75. The summed E-state index contributed by atoms with van der Waals surface area (Å²) in [5.74, 6) is -0.0610. The Kier molecular flexibility index (Phi) is 6.07. The van der Waals surface area contributed by atoms with Crippen molar-refractivity contribution in [3.05, 3.63) is 63.6 Å². The molecule has 1 aliphatic heterocycles. The predicted octanol–water partition coefficient (Wildman–Crippen LogP) is 5.03. The minimum Gasteiger partial charge on any atom is -0.497 e. The van der Waals surface area contributed by atoms with Gasteiger partial charge in [0.25, 0.3) is 0 Å². The molecule has 138 valence electrons. The van der Waals surface area contributed by atoms with Gasteiger partial charge in [-0.2, -0.15) is 0 Å². The first-order chi connectivity index (χ1) is 12.5. The van der Waals surface area contributed by atoms with Gasteiger partial charge in [0.15, 0.2) is 0 Å². The lowest BCUT2D eigenvalue weighted by Crippen LogP contribution is -2.46. The van der Waals surface area contributed by atoms with Gasteiger partial charge < -0.3 is 9.84 Å². The van der Waals surface area contributed by atoms with E-state index in [2.05, 4.69) is 0 Å². The van der Waals surface area contributed by atoms with Crippen molar-refractivity contribution in [1.82, 2.24) is 4.90 Å². The van der Waals surface area contributed by atoms with E-state index in [-0.39, 0.29) is 6.04 Å². The number of benzene rings is 2. The number of carboxylic acids is 1. The molecule has 2 atom stereocenters. The molecule has 1 fully saturated rings. The van der Waals surface area contributed by atoms with Crippen LogP contribution >= 0.6 is 23.2 Å². The van der Waals surface area contributed by atoms with Crippen LogP contribution in [-0.4, -0.2) is 35.7 Å².